The molecule has 0 heterocycles. The number of hydrogen-bond acceptors (Lipinski definition) is 5. The zero-order valence-electron chi connectivity index (χ0n) is 11.0. The molecule has 0 aliphatic rings. The maximum Gasteiger partial charge on any atom is 0.305 e. The third-order valence-electron chi connectivity index (χ3n) is 2.40. The average molecular weight is 255 g/mol. The number of ether oxygens (including phenoxy) is 1. The van der Waals surface area contributed by atoms with Crippen molar-refractivity contribution in [1.29, 1.82) is 1.43 Å². The highest BCUT2D eigenvalue weighted by Gasteiger charge is 2.20. The molecule has 0 fully saturated rings. The van der Waals surface area contributed by atoms with E-state index in [-0.39, 0.29) is 30.7 Å². The largest absolute Gasteiger partial charge is 0.466 e. The van der Waals surface area contributed by atoms with Gasteiger partial charge in [-0.25, -0.2) is 0 Å². The van der Waals surface area contributed by atoms with Gasteiger partial charge in [0.25, 0.3) is 5.69 Å². The first-order chi connectivity index (χ1) is 9.10. The van der Waals surface area contributed by atoms with Crippen molar-refractivity contribution in [3.8, 4) is 0 Å². The second-order valence-corrected chi connectivity index (χ2v) is 3.65. The highest BCUT2D eigenvalue weighted by atomic mass is 16.6. The Morgan fingerprint density at radius 1 is 1.61 bits per heavy atom. The second-order valence-electron chi connectivity index (χ2n) is 3.65. The van der Waals surface area contributed by atoms with Crippen molar-refractivity contribution in [3.05, 3.63) is 39.9 Å². The molecular weight excluding hydrogens is 238 g/mol. The van der Waals surface area contributed by atoms with Crippen molar-refractivity contribution in [3.63, 3.8) is 0 Å². The monoisotopic (exact) mass is 255 g/mol. The van der Waals surface area contributed by atoms with Crippen LogP contribution in [-0.4, -0.2) is 24.0 Å². The summed E-state index contributed by atoms with van der Waals surface area (Å²) in [5.74, 6) is -0.414. The van der Waals surface area contributed by atoms with Gasteiger partial charge in [-0.15, -0.1) is 0 Å². The van der Waals surface area contributed by atoms with Crippen LogP contribution < -0.4 is 0 Å². The van der Waals surface area contributed by atoms with Crippen LogP contribution in [0.3, 0.4) is 0 Å². The summed E-state index contributed by atoms with van der Waals surface area (Å²) in [6.45, 7) is 1.97. The zero-order valence-corrected chi connectivity index (χ0v) is 10.00. The molecule has 1 aromatic carbocycles. The number of aliphatic hydroxyl groups is 1. The summed E-state index contributed by atoms with van der Waals surface area (Å²) in [5, 5.41) is 15.4. The predicted octanol–water partition coefficient (Wildman–Crippen LogP) is 1.97. The van der Waals surface area contributed by atoms with Crippen molar-refractivity contribution < 1.29 is 19.6 Å². The van der Waals surface area contributed by atoms with Crippen LogP contribution in [0.1, 0.15) is 31.4 Å². The minimum atomic E-state index is -0.828. The summed E-state index contributed by atoms with van der Waals surface area (Å²) in [5.41, 5.74) is 0.162. The predicted molar refractivity (Wildman–Crippen MR) is 63.9 cm³/mol. The van der Waals surface area contributed by atoms with Crippen LogP contribution >= 0.6 is 0 Å². The molecule has 6 nitrogen and oxygen atoms in total. The van der Waals surface area contributed by atoms with E-state index in [9.17, 15) is 14.9 Å². The van der Waals surface area contributed by atoms with Crippen LogP contribution in [0.25, 0.3) is 0 Å². The number of para-hydroxylation sites is 1. The van der Waals surface area contributed by atoms with E-state index in [1.54, 1.807) is 13.0 Å². The van der Waals surface area contributed by atoms with E-state index in [0.29, 0.717) is 0 Å². The van der Waals surface area contributed by atoms with Gasteiger partial charge in [0.2, 0.25) is 1.43 Å². The normalized spacial score (nSPS) is 12.6. The Labute approximate surface area is 106 Å². The minimum Gasteiger partial charge on any atom is -0.466 e. The number of esters is 1. The Kier molecular flexibility index (Phi) is 4.66. The Hall–Kier alpha value is -1.95. The molecule has 98 valence electrons. The van der Waals surface area contributed by atoms with E-state index in [2.05, 4.69) is 5.11 Å². The smallest absolute Gasteiger partial charge is 0.305 e. The van der Waals surface area contributed by atoms with Crippen molar-refractivity contribution in [2.45, 2.75) is 25.9 Å². The second kappa shape index (κ2) is 6.70. The number of nitrogens with zero attached hydrogens (tertiary/aromatic N) is 1. The van der Waals surface area contributed by atoms with Gasteiger partial charge in [0.1, 0.15) is 0 Å². The van der Waals surface area contributed by atoms with Gasteiger partial charge < -0.3 is 9.85 Å². The molecule has 0 saturated carbocycles. The molecule has 0 bridgehead atoms. The standard InChI is InChI=1S/C12H15NO5/c1-2-18-12(15)8-7-11(14)9-5-3-4-6-10(9)13(16)17/h3-6,11,14H,2,7-8H2,1H3/i14T. The van der Waals surface area contributed by atoms with Gasteiger partial charge in [-0.05, 0) is 19.4 Å². The summed E-state index contributed by atoms with van der Waals surface area (Å²) in [6.07, 6.45) is -0.623. The number of carbonyl (C=O) groups is 1. The number of nitro groups is 1. The molecule has 0 aliphatic carbocycles. The lowest BCUT2D eigenvalue weighted by molar-refractivity contribution is -0.386. The van der Waals surface area contributed by atoms with Gasteiger partial charge in [-0.1, -0.05) is 12.1 Å². The number of carbonyl (C=O) groups excluding carboxylic acids is 1. The molecule has 0 amide bonds. The Morgan fingerprint density at radius 3 is 2.94 bits per heavy atom. The molecule has 0 saturated heterocycles. The molecule has 1 unspecified atom stereocenters. The summed E-state index contributed by atoms with van der Waals surface area (Å²) < 4.78 is 11.8. The third kappa shape index (κ3) is 3.81. The lowest BCUT2D eigenvalue weighted by atomic mass is 10.0. The van der Waals surface area contributed by atoms with Gasteiger partial charge in [-0.3, -0.25) is 14.9 Å². The Morgan fingerprint density at radius 2 is 2.33 bits per heavy atom. The molecule has 0 radical (unpaired) electrons. The summed E-state index contributed by atoms with van der Waals surface area (Å²) in [7, 11) is 0. The van der Waals surface area contributed by atoms with Crippen molar-refractivity contribution in [2.24, 2.45) is 0 Å². The van der Waals surface area contributed by atoms with E-state index in [0.717, 1.165) is 0 Å². The van der Waals surface area contributed by atoms with Crippen molar-refractivity contribution in [1.82, 2.24) is 0 Å². The van der Waals surface area contributed by atoms with Gasteiger partial charge >= 0.3 is 5.97 Å². The highest BCUT2D eigenvalue weighted by Crippen LogP contribution is 2.27. The van der Waals surface area contributed by atoms with E-state index < -0.39 is 17.0 Å². The fourth-order valence-electron chi connectivity index (χ4n) is 1.56. The molecule has 0 spiro atoms. The minimum absolute atomic E-state index is 0.0451. The number of rotatable bonds is 7. The van der Waals surface area contributed by atoms with Crippen molar-refractivity contribution >= 4 is 11.7 Å². The number of benzene rings is 1. The topological polar surface area (TPSA) is 89.7 Å². The summed E-state index contributed by atoms with van der Waals surface area (Å²) in [6, 6.07) is 6.01. The molecule has 1 rings (SSSR count). The molecule has 0 aromatic heterocycles. The number of aliphatic hydroxyl groups excluding tert-OH is 1. The first-order valence-corrected chi connectivity index (χ1v) is 5.61. The fourth-order valence-corrected chi connectivity index (χ4v) is 1.56. The Balaban J connectivity index is 2.80. The zero-order chi connectivity index (χ0) is 14.3. The van der Waals surface area contributed by atoms with Crippen LogP contribution in [0.2, 0.25) is 0 Å². The maximum absolute atomic E-state index is 11.2. The van der Waals surface area contributed by atoms with Crippen LogP contribution in [0.4, 0.5) is 5.69 Å². The van der Waals surface area contributed by atoms with E-state index in [4.69, 9.17) is 6.17 Å². The van der Waals surface area contributed by atoms with Crippen LogP contribution in [0.15, 0.2) is 24.3 Å². The highest BCUT2D eigenvalue weighted by molar-refractivity contribution is 5.69. The fraction of sp³-hybridized carbons (Fsp3) is 0.417. The molecule has 1 atom stereocenters. The Bertz CT molecular complexity index is 452. The average Bonchev–Trinajstić information content (AvgIpc) is 2.40. The van der Waals surface area contributed by atoms with Gasteiger partial charge in [0.15, 0.2) is 0 Å². The number of nitro benzene ring substituents is 1. The third-order valence-corrected chi connectivity index (χ3v) is 2.40. The van der Waals surface area contributed by atoms with Crippen LogP contribution in [0, 0.1) is 10.1 Å². The van der Waals surface area contributed by atoms with E-state index in [1.807, 2.05) is 0 Å². The molecule has 6 heteroatoms. The van der Waals surface area contributed by atoms with Crippen LogP contribution in [0.5, 0.6) is 0 Å². The van der Waals surface area contributed by atoms with Crippen molar-refractivity contribution in [2.75, 3.05) is 6.61 Å². The van der Waals surface area contributed by atoms with Gasteiger partial charge in [-0.2, -0.15) is 0 Å². The van der Waals surface area contributed by atoms with Gasteiger partial charge in [0, 0.05) is 12.5 Å². The van der Waals surface area contributed by atoms with Crippen LogP contribution in [-0.2, 0) is 9.53 Å². The quantitative estimate of drug-likeness (QED) is 0.457. The molecular formula is C12H15NO5. The first-order valence-electron chi connectivity index (χ1n) is 6.01. The SMILES string of the molecule is [3H]OC(CCC(=O)OCC)c1ccccc1[N+](=O)[O-]. The summed E-state index contributed by atoms with van der Waals surface area (Å²) in [4.78, 5) is 21.6. The van der Waals surface area contributed by atoms with Gasteiger partial charge in [0.05, 0.1) is 23.2 Å². The lowest BCUT2D eigenvalue weighted by Crippen LogP contribution is -2.08. The number of hydrogen-bond donors (Lipinski definition) is 1. The molecule has 18 heavy (non-hydrogen) atoms. The lowest BCUT2D eigenvalue weighted by Gasteiger charge is -2.10. The molecule has 0 aliphatic heterocycles. The molecule has 1 N–H and O–H groups in total. The maximum atomic E-state index is 11.2. The van der Waals surface area contributed by atoms with E-state index in [1.165, 1.54) is 18.2 Å². The first kappa shape index (κ1) is 12.5. The summed E-state index contributed by atoms with van der Waals surface area (Å²) >= 11 is 0. The molecule has 1 aromatic rings. The van der Waals surface area contributed by atoms with E-state index >= 15 is 0 Å².